The first-order valence-corrected chi connectivity index (χ1v) is 4.85. The monoisotopic (exact) mass is 243 g/mol. The number of benzene rings is 1. The maximum atomic E-state index is 11.8. The normalized spacial score (nSPS) is 13.8. The van der Waals surface area contributed by atoms with Crippen molar-refractivity contribution in [3.8, 4) is 0 Å². The minimum atomic E-state index is -0.726. The Balaban J connectivity index is 0.00000225. The van der Waals surface area contributed by atoms with E-state index in [-0.39, 0.29) is 18.4 Å². The van der Waals surface area contributed by atoms with Crippen molar-refractivity contribution >= 4 is 18.4 Å². The van der Waals surface area contributed by atoms with Crippen LogP contribution >= 0.6 is 12.4 Å². The van der Waals surface area contributed by atoms with Gasteiger partial charge in [0.2, 0.25) is 0 Å². The Morgan fingerprint density at radius 2 is 1.75 bits per heavy atom. The summed E-state index contributed by atoms with van der Waals surface area (Å²) in [4.78, 5) is 13.7. The van der Waals surface area contributed by atoms with Gasteiger partial charge < -0.3 is 4.74 Å². The fourth-order valence-electron chi connectivity index (χ4n) is 1.52. The van der Waals surface area contributed by atoms with Crippen LogP contribution in [0.1, 0.15) is 12.5 Å². The molecule has 4 heteroatoms. The summed E-state index contributed by atoms with van der Waals surface area (Å²) in [6.07, 6.45) is 0. The van der Waals surface area contributed by atoms with Crippen LogP contribution in [0.15, 0.2) is 30.3 Å². The van der Waals surface area contributed by atoms with Gasteiger partial charge in [-0.05, 0) is 26.6 Å². The number of likely N-dealkylation sites (N-methyl/N-ethyl adjacent to an activating group) is 1. The van der Waals surface area contributed by atoms with Crippen molar-refractivity contribution in [2.45, 2.75) is 12.5 Å². The molecule has 0 amide bonds. The molecule has 3 nitrogen and oxygen atoms in total. The van der Waals surface area contributed by atoms with Gasteiger partial charge in [-0.25, -0.2) is 4.79 Å². The molecule has 0 N–H and O–H groups in total. The molecule has 0 fully saturated rings. The third-order valence-corrected chi connectivity index (χ3v) is 2.81. The molecule has 1 rings (SSSR count). The van der Waals surface area contributed by atoms with Crippen molar-refractivity contribution in [3.05, 3.63) is 35.9 Å². The van der Waals surface area contributed by atoms with Crippen molar-refractivity contribution in [1.29, 1.82) is 0 Å². The molecule has 0 aliphatic heterocycles. The standard InChI is InChI=1S/C12H17NO2.ClH/c1-12(13(2)3,11(14)15-4)10-8-6-5-7-9-10;/h5-9H,1-4H3;1H/t12-;/m0./s1. The van der Waals surface area contributed by atoms with Crippen molar-refractivity contribution in [1.82, 2.24) is 4.90 Å². The van der Waals surface area contributed by atoms with Gasteiger partial charge in [0, 0.05) is 0 Å². The molecule has 1 atom stereocenters. The molecule has 0 saturated heterocycles. The first kappa shape index (κ1) is 14.9. The number of ether oxygens (including phenoxy) is 1. The molecule has 0 aromatic heterocycles. The lowest BCUT2D eigenvalue weighted by Crippen LogP contribution is -2.46. The Labute approximate surface area is 103 Å². The molecule has 1 aromatic rings. The lowest BCUT2D eigenvalue weighted by atomic mass is 9.91. The zero-order valence-corrected chi connectivity index (χ0v) is 10.9. The van der Waals surface area contributed by atoms with Crippen molar-refractivity contribution < 1.29 is 9.53 Å². The van der Waals surface area contributed by atoms with Gasteiger partial charge in [0.1, 0.15) is 5.54 Å². The maximum Gasteiger partial charge on any atom is 0.330 e. The van der Waals surface area contributed by atoms with E-state index in [4.69, 9.17) is 4.74 Å². The third-order valence-electron chi connectivity index (χ3n) is 2.81. The van der Waals surface area contributed by atoms with Gasteiger partial charge in [-0.15, -0.1) is 12.4 Å². The molecule has 0 saturated carbocycles. The van der Waals surface area contributed by atoms with Crippen LogP contribution in [0.5, 0.6) is 0 Å². The van der Waals surface area contributed by atoms with E-state index >= 15 is 0 Å². The highest BCUT2D eigenvalue weighted by molar-refractivity contribution is 5.85. The first-order valence-electron chi connectivity index (χ1n) is 4.85. The summed E-state index contributed by atoms with van der Waals surface area (Å²) in [6, 6.07) is 9.62. The number of nitrogens with zero attached hydrogens (tertiary/aromatic N) is 1. The fraction of sp³-hybridized carbons (Fsp3) is 0.417. The maximum absolute atomic E-state index is 11.8. The summed E-state index contributed by atoms with van der Waals surface area (Å²) in [5.41, 5.74) is 0.206. The summed E-state index contributed by atoms with van der Waals surface area (Å²) in [7, 11) is 5.14. The minimum absolute atomic E-state index is 0. The van der Waals surface area contributed by atoms with E-state index in [1.54, 1.807) is 0 Å². The first-order chi connectivity index (χ1) is 7.03. The average molecular weight is 244 g/mol. The molecule has 0 radical (unpaired) electrons. The summed E-state index contributed by atoms with van der Waals surface area (Å²) in [5, 5.41) is 0. The predicted molar refractivity (Wildman–Crippen MR) is 66.7 cm³/mol. The molecule has 0 unspecified atom stereocenters. The van der Waals surface area contributed by atoms with Gasteiger partial charge in [0.15, 0.2) is 0 Å². The van der Waals surface area contributed by atoms with Crippen molar-refractivity contribution in [3.63, 3.8) is 0 Å². The number of carbonyl (C=O) groups excluding carboxylic acids is 1. The predicted octanol–water partition coefficient (Wildman–Crippen LogP) is 2.06. The van der Waals surface area contributed by atoms with E-state index in [0.29, 0.717) is 0 Å². The molecule has 0 spiro atoms. The third kappa shape index (κ3) is 2.54. The van der Waals surface area contributed by atoms with Gasteiger partial charge in [-0.2, -0.15) is 0 Å². The summed E-state index contributed by atoms with van der Waals surface area (Å²) in [6.45, 7) is 1.86. The van der Waals surface area contributed by atoms with E-state index in [1.807, 2.05) is 56.3 Å². The molecular weight excluding hydrogens is 226 g/mol. The van der Waals surface area contributed by atoms with Crippen LogP contribution in [0.4, 0.5) is 0 Å². The summed E-state index contributed by atoms with van der Waals surface area (Å²) in [5.74, 6) is -0.251. The number of esters is 1. The SMILES string of the molecule is COC(=O)[C@](C)(c1ccccc1)N(C)C.Cl. The van der Waals surface area contributed by atoms with E-state index < -0.39 is 5.54 Å². The fourth-order valence-corrected chi connectivity index (χ4v) is 1.52. The highest BCUT2D eigenvalue weighted by Crippen LogP contribution is 2.27. The van der Waals surface area contributed by atoms with Gasteiger partial charge in [-0.3, -0.25) is 4.90 Å². The number of carbonyl (C=O) groups is 1. The van der Waals surface area contributed by atoms with E-state index in [1.165, 1.54) is 7.11 Å². The number of hydrogen-bond acceptors (Lipinski definition) is 3. The highest BCUT2D eigenvalue weighted by atomic mass is 35.5. The number of halogens is 1. The molecule has 16 heavy (non-hydrogen) atoms. The largest absolute Gasteiger partial charge is 0.467 e. The lowest BCUT2D eigenvalue weighted by molar-refractivity contribution is -0.153. The molecule has 1 aromatic carbocycles. The lowest BCUT2D eigenvalue weighted by Gasteiger charge is -2.33. The van der Waals surface area contributed by atoms with Crippen LogP contribution in [-0.4, -0.2) is 32.1 Å². The van der Waals surface area contributed by atoms with Crippen molar-refractivity contribution in [2.75, 3.05) is 21.2 Å². The Hall–Kier alpha value is -1.06. The van der Waals surface area contributed by atoms with Crippen molar-refractivity contribution in [2.24, 2.45) is 0 Å². The van der Waals surface area contributed by atoms with Gasteiger partial charge in [0.25, 0.3) is 0 Å². The Morgan fingerprint density at radius 3 is 2.12 bits per heavy atom. The molecular formula is C12H18ClNO2. The van der Waals surface area contributed by atoms with E-state index in [9.17, 15) is 4.79 Å². The summed E-state index contributed by atoms with van der Waals surface area (Å²) < 4.78 is 4.85. The van der Waals surface area contributed by atoms with Crippen LogP contribution in [-0.2, 0) is 15.1 Å². The topological polar surface area (TPSA) is 29.5 Å². The Bertz CT molecular complexity index is 340. The molecule has 0 aliphatic carbocycles. The average Bonchev–Trinajstić information content (AvgIpc) is 2.27. The second-order valence-corrected chi connectivity index (χ2v) is 3.82. The number of methoxy groups -OCH3 is 1. The highest BCUT2D eigenvalue weighted by Gasteiger charge is 2.38. The minimum Gasteiger partial charge on any atom is -0.467 e. The molecule has 0 heterocycles. The van der Waals surface area contributed by atoms with E-state index in [2.05, 4.69) is 0 Å². The second kappa shape index (κ2) is 5.87. The second-order valence-electron chi connectivity index (χ2n) is 3.82. The van der Waals surface area contributed by atoms with E-state index in [0.717, 1.165) is 5.56 Å². The van der Waals surface area contributed by atoms with Crippen LogP contribution in [0, 0.1) is 0 Å². The zero-order chi connectivity index (χ0) is 11.5. The van der Waals surface area contributed by atoms with Gasteiger partial charge in [-0.1, -0.05) is 30.3 Å². The Morgan fingerprint density at radius 1 is 1.25 bits per heavy atom. The van der Waals surface area contributed by atoms with Crippen LogP contribution < -0.4 is 0 Å². The smallest absolute Gasteiger partial charge is 0.330 e. The van der Waals surface area contributed by atoms with Crippen LogP contribution in [0.3, 0.4) is 0 Å². The summed E-state index contributed by atoms with van der Waals surface area (Å²) >= 11 is 0. The van der Waals surface area contributed by atoms with Crippen LogP contribution in [0.2, 0.25) is 0 Å². The number of rotatable bonds is 3. The molecule has 90 valence electrons. The quantitative estimate of drug-likeness (QED) is 0.762. The molecule has 0 bridgehead atoms. The van der Waals surface area contributed by atoms with Gasteiger partial charge >= 0.3 is 5.97 Å². The number of hydrogen-bond donors (Lipinski definition) is 0. The Kier molecular flexibility index (Phi) is 5.48. The van der Waals surface area contributed by atoms with Gasteiger partial charge in [0.05, 0.1) is 7.11 Å². The molecule has 0 aliphatic rings. The zero-order valence-electron chi connectivity index (χ0n) is 10.1. The van der Waals surface area contributed by atoms with Crippen LogP contribution in [0.25, 0.3) is 0 Å².